The fraction of sp³-hybridized carbons (Fsp3) is 0.182. The van der Waals surface area contributed by atoms with Gasteiger partial charge in [0.1, 0.15) is 11.5 Å². The van der Waals surface area contributed by atoms with Gasteiger partial charge in [0.2, 0.25) is 0 Å². The third-order valence-corrected chi connectivity index (χ3v) is 3.83. The van der Waals surface area contributed by atoms with Gasteiger partial charge in [0.25, 0.3) is 0 Å². The Morgan fingerprint density at radius 2 is 0.960 bits per heavy atom. The Balaban J connectivity index is 1.98. The Kier molecular flexibility index (Phi) is 5.57. The molecule has 0 unspecified atom stereocenters. The Morgan fingerprint density at radius 1 is 0.560 bits per heavy atom. The van der Waals surface area contributed by atoms with E-state index in [0.29, 0.717) is 13.2 Å². The fourth-order valence-electron chi connectivity index (χ4n) is 2.74. The highest BCUT2D eigenvalue weighted by atomic mass is 16.5. The summed E-state index contributed by atoms with van der Waals surface area (Å²) >= 11 is 0. The van der Waals surface area contributed by atoms with Crippen LogP contribution in [0.4, 0.5) is 17.1 Å². The summed E-state index contributed by atoms with van der Waals surface area (Å²) in [6.07, 6.45) is 0. The second kappa shape index (κ2) is 8.25. The zero-order valence-corrected chi connectivity index (χ0v) is 14.7. The predicted octanol–water partition coefficient (Wildman–Crippen LogP) is 5.95. The Labute approximate surface area is 149 Å². The molecule has 128 valence electrons. The maximum Gasteiger partial charge on any atom is 0.119 e. The van der Waals surface area contributed by atoms with Gasteiger partial charge in [-0.1, -0.05) is 18.2 Å². The van der Waals surface area contributed by atoms with Gasteiger partial charge in [-0.05, 0) is 74.5 Å². The molecule has 3 rings (SSSR count). The highest BCUT2D eigenvalue weighted by Crippen LogP contribution is 2.35. The first-order valence-corrected chi connectivity index (χ1v) is 8.62. The second-order valence-corrected chi connectivity index (χ2v) is 5.52. The number of anilines is 3. The summed E-state index contributed by atoms with van der Waals surface area (Å²) in [7, 11) is 0. The van der Waals surface area contributed by atoms with E-state index < -0.39 is 0 Å². The van der Waals surface area contributed by atoms with Crippen LogP contribution >= 0.6 is 0 Å². The summed E-state index contributed by atoms with van der Waals surface area (Å²) in [6, 6.07) is 26.7. The molecule has 0 N–H and O–H groups in total. The molecule has 0 spiro atoms. The molecule has 3 heteroatoms. The molecule has 0 aliphatic carbocycles. The number of ether oxygens (including phenoxy) is 2. The molecule has 0 saturated carbocycles. The van der Waals surface area contributed by atoms with Crippen molar-refractivity contribution >= 4 is 17.1 Å². The second-order valence-electron chi connectivity index (χ2n) is 5.52. The largest absolute Gasteiger partial charge is 0.494 e. The minimum absolute atomic E-state index is 0.667. The third-order valence-electron chi connectivity index (χ3n) is 3.83. The Morgan fingerprint density at radius 3 is 1.36 bits per heavy atom. The first-order valence-electron chi connectivity index (χ1n) is 8.62. The molecule has 0 heterocycles. The highest BCUT2D eigenvalue weighted by Gasteiger charge is 2.12. The van der Waals surface area contributed by atoms with Crippen molar-refractivity contribution in [1.82, 2.24) is 0 Å². The zero-order valence-electron chi connectivity index (χ0n) is 14.7. The molecule has 0 bridgehead atoms. The van der Waals surface area contributed by atoms with Crippen LogP contribution < -0.4 is 14.4 Å². The summed E-state index contributed by atoms with van der Waals surface area (Å²) in [4.78, 5) is 2.21. The van der Waals surface area contributed by atoms with Crippen molar-refractivity contribution in [2.24, 2.45) is 0 Å². The number of hydrogen-bond acceptors (Lipinski definition) is 3. The van der Waals surface area contributed by atoms with E-state index in [1.165, 1.54) is 0 Å². The molecule has 3 nitrogen and oxygen atoms in total. The molecular formula is C22H23NO2. The lowest BCUT2D eigenvalue weighted by atomic mass is 10.2. The molecule has 3 aromatic carbocycles. The van der Waals surface area contributed by atoms with E-state index in [2.05, 4.69) is 41.3 Å². The van der Waals surface area contributed by atoms with Crippen LogP contribution in [0.1, 0.15) is 13.8 Å². The first-order chi connectivity index (χ1) is 12.3. The lowest BCUT2D eigenvalue weighted by molar-refractivity contribution is 0.340. The average Bonchev–Trinajstić information content (AvgIpc) is 2.66. The van der Waals surface area contributed by atoms with E-state index in [1.807, 2.05) is 56.3 Å². The Hall–Kier alpha value is -2.94. The van der Waals surface area contributed by atoms with Gasteiger partial charge in [0.05, 0.1) is 13.2 Å². The maximum absolute atomic E-state index is 5.56. The summed E-state index contributed by atoms with van der Waals surface area (Å²) in [6.45, 7) is 5.31. The molecule has 3 aromatic rings. The number of benzene rings is 3. The molecular weight excluding hydrogens is 310 g/mol. The van der Waals surface area contributed by atoms with Crippen LogP contribution in [0.5, 0.6) is 11.5 Å². The van der Waals surface area contributed by atoms with Crippen LogP contribution in [0.25, 0.3) is 0 Å². The number of para-hydroxylation sites is 1. The Bertz CT molecular complexity index is 718. The molecule has 0 aliphatic rings. The lowest BCUT2D eigenvalue weighted by Gasteiger charge is -2.25. The zero-order chi connectivity index (χ0) is 17.5. The number of rotatable bonds is 7. The van der Waals surface area contributed by atoms with Crippen LogP contribution in [0, 0.1) is 0 Å². The first kappa shape index (κ1) is 16.9. The van der Waals surface area contributed by atoms with Crippen molar-refractivity contribution in [3.63, 3.8) is 0 Å². The van der Waals surface area contributed by atoms with Gasteiger partial charge in [-0.25, -0.2) is 0 Å². The van der Waals surface area contributed by atoms with Crippen LogP contribution in [-0.2, 0) is 0 Å². The predicted molar refractivity (Wildman–Crippen MR) is 103 cm³/mol. The van der Waals surface area contributed by atoms with E-state index in [-0.39, 0.29) is 0 Å². The van der Waals surface area contributed by atoms with Gasteiger partial charge >= 0.3 is 0 Å². The minimum Gasteiger partial charge on any atom is -0.494 e. The number of hydrogen-bond donors (Lipinski definition) is 0. The molecule has 0 aromatic heterocycles. The summed E-state index contributed by atoms with van der Waals surface area (Å²) in [5, 5.41) is 0. The van der Waals surface area contributed by atoms with Gasteiger partial charge in [-0.2, -0.15) is 0 Å². The van der Waals surface area contributed by atoms with Crippen LogP contribution in [0.2, 0.25) is 0 Å². The monoisotopic (exact) mass is 333 g/mol. The summed E-state index contributed by atoms with van der Waals surface area (Å²) < 4.78 is 11.1. The highest BCUT2D eigenvalue weighted by molar-refractivity contribution is 5.76. The standard InChI is InChI=1S/C22H23NO2/c1-3-24-21-14-10-19(11-15-21)23(18-8-6-5-7-9-18)20-12-16-22(17-13-20)25-4-2/h5-17H,3-4H2,1-2H3. The van der Waals surface area contributed by atoms with Gasteiger partial charge in [0, 0.05) is 17.1 Å². The van der Waals surface area contributed by atoms with E-state index in [1.54, 1.807) is 0 Å². The third kappa shape index (κ3) is 4.13. The van der Waals surface area contributed by atoms with Gasteiger partial charge < -0.3 is 14.4 Å². The smallest absolute Gasteiger partial charge is 0.119 e. The van der Waals surface area contributed by atoms with Crippen molar-refractivity contribution in [2.45, 2.75) is 13.8 Å². The molecule has 0 fully saturated rings. The topological polar surface area (TPSA) is 21.7 Å². The van der Waals surface area contributed by atoms with E-state index in [9.17, 15) is 0 Å². The molecule has 0 saturated heterocycles. The average molecular weight is 333 g/mol. The summed E-state index contributed by atoms with van der Waals surface area (Å²) in [5.41, 5.74) is 3.27. The van der Waals surface area contributed by atoms with Gasteiger partial charge in [0.15, 0.2) is 0 Å². The van der Waals surface area contributed by atoms with E-state index in [4.69, 9.17) is 9.47 Å². The normalized spacial score (nSPS) is 10.3. The van der Waals surface area contributed by atoms with Gasteiger partial charge in [-0.15, -0.1) is 0 Å². The quantitative estimate of drug-likeness (QED) is 0.533. The SMILES string of the molecule is CCOc1ccc(N(c2ccccc2)c2ccc(OCC)cc2)cc1. The number of nitrogens with zero attached hydrogens (tertiary/aromatic N) is 1. The molecule has 0 radical (unpaired) electrons. The van der Waals surface area contributed by atoms with E-state index in [0.717, 1.165) is 28.6 Å². The van der Waals surface area contributed by atoms with Crippen molar-refractivity contribution < 1.29 is 9.47 Å². The molecule has 0 atom stereocenters. The van der Waals surface area contributed by atoms with Crippen LogP contribution in [0.3, 0.4) is 0 Å². The molecule has 0 amide bonds. The van der Waals surface area contributed by atoms with Crippen molar-refractivity contribution in [2.75, 3.05) is 18.1 Å². The van der Waals surface area contributed by atoms with Crippen LogP contribution in [0.15, 0.2) is 78.9 Å². The van der Waals surface area contributed by atoms with E-state index >= 15 is 0 Å². The van der Waals surface area contributed by atoms with Crippen LogP contribution in [-0.4, -0.2) is 13.2 Å². The lowest BCUT2D eigenvalue weighted by Crippen LogP contribution is -2.09. The minimum atomic E-state index is 0.667. The van der Waals surface area contributed by atoms with Crippen molar-refractivity contribution in [3.8, 4) is 11.5 Å². The molecule has 0 aliphatic heterocycles. The van der Waals surface area contributed by atoms with Crippen molar-refractivity contribution in [1.29, 1.82) is 0 Å². The molecule has 25 heavy (non-hydrogen) atoms. The fourth-order valence-corrected chi connectivity index (χ4v) is 2.74. The maximum atomic E-state index is 5.56. The van der Waals surface area contributed by atoms with Crippen molar-refractivity contribution in [3.05, 3.63) is 78.9 Å². The summed E-state index contributed by atoms with van der Waals surface area (Å²) in [5.74, 6) is 1.76. The van der Waals surface area contributed by atoms with Gasteiger partial charge in [-0.3, -0.25) is 0 Å².